The molecule has 1 aromatic rings. The Hall–Kier alpha value is 0.0500. The molecule has 0 bridgehead atoms. The molecule has 0 aromatic heterocycles. The van der Waals surface area contributed by atoms with Crippen LogP contribution in [0.3, 0.4) is 0 Å². The Morgan fingerprint density at radius 1 is 1.32 bits per heavy atom. The number of sulfonamides is 1. The molecule has 106 valence electrons. The Kier molecular flexibility index (Phi) is 5.05. The van der Waals surface area contributed by atoms with E-state index in [9.17, 15) is 8.42 Å². The second-order valence-corrected chi connectivity index (χ2v) is 8.00. The largest absolute Gasteiger partial charge is 0.372 e. The second-order valence-electron chi connectivity index (χ2n) is 4.50. The van der Waals surface area contributed by atoms with E-state index >= 15 is 0 Å². The molecule has 1 saturated heterocycles. The number of hydrogen-bond acceptors (Lipinski definition) is 3. The summed E-state index contributed by atoms with van der Waals surface area (Å²) in [7, 11) is -3.44. The van der Waals surface area contributed by atoms with Crippen LogP contribution < -0.4 is 0 Å². The highest BCUT2D eigenvalue weighted by Crippen LogP contribution is 2.23. The monoisotopic (exact) mass is 411 g/mol. The Balaban J connectivity index is 2.26. The lowest BCUT2D eigenvalue weighted by Crippen LogP contribution is -2.49. The summed E-state index contributed by atoms with van der Waals surface area (Å²) in [5.41, 5.74) is 0. The van der Waals surface area contributed by atoms with E-state index in [-0.39, 0.29) is 12.2 Å². The zero-order valence-electron chi connectivity index (χ0n) is 10.4. The van der Waals surface area contributed by atoms with E-state index in [1.807, 2.05) is 6.92 Å². The van der Waals surface area contributed by atoms with E-state index in [4.69, 9.17) is 4.74 Å². The summed E-state index contributed by atoms with van der Waals surface area (Å²) in [6.45, 7) is 2.66. The van der Waals surface area contributed by atoms with Crippen molar-refractivity contribution in [3.63, 3.8) is 0 Å². The molecule has 19 heavy (non-hydrogen) atoms. The van der Waals surface area contributed by atoms with Crippen LogP contribution >= 0.6 is 31.9 Å². The number of alkyl halides is 1. The molecule has 2 unspecified atom stereocenters. The molecule has 1 aromatic carbocycles. The Morgan fingerprint density at radius 2 is 1.95 bits per heavy atom. The highest BCUT2D eigenvalue weighted by molar-refractivity contribution is 9.10. The van der Waals surface area contributed by atoms with Gasteiger partial charge in [-0.05, 0) is 31.2 Å². The number of morpholine rings is 1. The highest BCUT2D eigenvalue weighted by Gasteiger charge is 2.33. The summed E-state index contributed by atoms with van der Waals surface area (Å²) >= 11 is 6.65. The van der Waals surface area contributed by atoms with Gasteiger partial charge in [-0.3, -0.25) is 0 Å². The van der Waals surface area contributed by atoms with Gasteiger partial charge in [0.2, 0.25) is 10.0 Å². The maximum atomic E-state index is 12.5. The minimum atomic E-state index is -3.44. The summed E-state index contributed by atoms with van der Waals surface area (Å²) in [5, 5.41) is 0.629. The summed E-state index contributed by atoms with van der Waals surface area (Å²) in [5.74, 6) is 0. The van der Waals surface area contributed by atoms with Crippen molar-refractivity contribution in [1.29, 1.82) is 0 Å². The van der Waals surface area contributed by atoms with E-state index in [0.717, 1.165) is 4.47 Å². The molecule has 7 heteroatoms. The molecule has 0 aliphatic carbocycles. The average Bonchev–Trinajstić information content (AvgIpc) is 2.38. The van der Waals surface area contributed by atoms with Gasteiger partial charge in [-0.1, -0.05) is 31.9 Å². The Morgan fingerprint density at radius 3 is 2.53 bits per heavy atom. The molecule has 0 amide bonds. The first-order valence-electron chi connectivity index (χ1n) is 5.90. The Labute approximate surface area is 130 Å². The van der Waals surface area contributed by atoms with Crippen LogP contribution in [0.15, 0.2) is 33.6 Å². The lowest BCUT2D eigenvalue weighted by atomic mass is 10.3. The van der Waals surface area contributed by atoms with Gasteiger partial charge in [-0.25, -0.2) is 8.42 Å². The van der Waals surface area contributed by atoms with Gasteiger partial charge in [0.15, 0.2) is 0 Å². The van der Waals surface area contributed by atoms with Crippen LogP contribution in [0.1, 0.15) is 6.92 Å². The van der Waals surface area contributed by atoms with Crippen molar-refractivity contribution in [1.82, 2.24) is 4.31 Å². The van der Waals surface area contributed by atoms with Crippen LogP contribution in [0.2, 0.25) is 0 Å². The van der Waals surface area contributed by atoms with Crippen molar-refractivity contribution in [3.05, 3.63) is 28.7 Å². The topological polar surface area (TPSA) is 46.6 Å². The quantitative estimate of drug-likeness (QED) is 0.717. The molecule has 4 nitrogen and oxygen atoms in total. The van der Waals surface area contributed by atoms with Crippen molar-refractivity contribution in [2.75, 3.05) is 18.4 Å². The van der Waals surface area contributed by atoms with Gasteiger partial charge in [-0.2, -0.15) is 4.31 Å². The van der Waals surface area contributed by atoms with Gasteiger partial charge in [0.25, 0.3) is 0 Å². The van der Waals surface area contributed by atoms with Crippen LogP contribution in [0.4, 0.5) is 0 Å². The normalized spacial score (nSPS) is 25.4. The zero-order chi connectivity index (χ0) is 14.0. The lowest BCUT2D eigenvalue weighted by Gasteiger charge is -2.35. The van der Waals surface area contributed by atoms with Crippen LogP contribution in [0, 0.1) is 0 Å². The molecule has 2 rings (SSSR count). The molecule has 0 spiro atoms. The van der Waals surface area contributed by atoms with Crippen molar-refractivity contribution < 1.29 is 13.2 Å². The van der Waals surface area contributed by atoms with Crippen molar-refractivity contribution >= 4 is 41.9 Å². The van der Waals surface area contributed by atoms with E-state index < -0.39 is 10.0 Å². The van der Waals surface area contributed by atoms with E-state index in [2.05, 4.69) is 31.9 Å². The maximum absolute atomic E-state index is 12.5. The fourth-order valence-corrected chi connectivity index (χ4v) is 4.21. The molecular formula is C12H15Br2NO3S. The average molecular weight is 413 g/mol. The smallest absolute Gasteiger partial charge is 0.243 e. The number of hydrogen-bond donors (Lipinski definition) is 0. The first kappa shape index (κ1) is 15.4. The molecule has 0 N–H and O–H groups in total. The minimum Gasteiger partial charge on any atom is -0.372 e. The van der Waals surface area contributed by atoms with Crippen molar-refractivity contribution in [3.8, 4) is 0 Å². The molecule has 1 fully saturated rings. The van der Waals surface area contributed by atoms with Gasteiger partial charge in [0, 0.05) is 22.9 Å². The predicted octanol–water partition coefficient (Wildman–Crippen LogP) is 2.62. The number of rotatable bonds is 3. The summed E-state index contributed by atoms with van der Waals surface area (Å²) < 4.78 is 33.1. The summed E-state index contributed by atoms with van der Waals surface area (Å²) in [6, 6.07) is 6.70. The fraction of sp³-hybridized carbons (Fsp3) is 0.500. The molecule has 1 heterocycles. The van der Waals surface area contributed by atoms with Gasteiger partial charge in [0.05, 0.1) is 17.1 Å². The summed E-state index contributed by atoms with van der Waals surface area (Å²) in [4.78, 5) is 0.318. The molecule has 0 saturated carbocycles. The van der Waals surface area contributed by atoms with E-state index in [0.29, 0.717) is 23.3 Å². The van der Waals surface area contributed by atoms with Crippen LogP contribution in [0.25, 0.3) is 0 Å². The van der Waals surface area contributed by atoms with Crippen LogP contribution in [-0.2, 0) is 14.8 Å². The van der Waals surface area contributed by atoms with Gasteiger partial charge >= 0.3 is 0 Å². The van der Waals surface area contributed by atoms with Crippen molar-refractivity contribution in [2.24, 2.45) is 0 Å². The predicted molar refractivity (Wildman–Crippen MR) is 81.0 cm³/mol. The number of benzene rings is 1. The second kappa shape index (κ2) is 6.22. The first-order valence-corrected chi connectivity index (χ1v) is 9.26. The number of ether oxygens (including phenoxy) is 1. The highest BCUT2D eigenvalue weighted by atomic mass is 79.9. The summed E-state index contributed by atoms with van der Waals surface area (Å²) in [6.07, 6.45) is -0.199. The molecule has 0 radical (unpaired) electrons. The zero-order valence-corrected chi connectivity index (χ0v) is 14.4. The first-order chi connectivity index (χ1) is 8.93. The van der Waals surface area contributed by atoms with Crippen molar-refractivity contribution in [2.45, 2.75) is 24.0 Å². The van der Waals surface area contributed by atoms with Crippen LogP contribution in [0.5, 0.6) is 0 Å². The molecule has 1 aliphatic rings. The van der Waals surface area contributed by atoms with E-state index in [1.165, 1.54) is 4.31 Å². The van der Waals surface area contributed by atoms with E-state index in [1.54, 1.807) is 24.3 Å². The van der Waals surface area contributed by atoms with Crippen LogP contribution in [-0.4, -0.2) is 43.4 Å². The maximum Gasteiger partial charge on any atom is 0.243 e. The third-order valence-electron chi connectivity index (χ3n) is 2.92. The fourth-order valence-electron chi connectivity index (χ4n) is 2.04. The van der Waals surface area contributed by atoms with Gasteiger partial charge in [0.1, 0.15) is 0 Å². The minimum absolute atomic E-state index is 0.0958. The lowest BCUT2D eigenvalue weighted by molar-refractivity contribution is -0.0411. The molecular weight excluding hydrogens is 398 g/mol. The number of halogens is 2. The SMILES string of the molecule is CC1CN(S(=O)(=O)c2ccc(Br)cc2)CC(CBr)O1. The standard InChI is InChI=1S/C12H15Br2NO3S/c1-9-7-15(8-11(6-13)18-9)19(16,17)12-4-2-10(14)3-5-12/h2-5,9,11H,6-8H2,1H3. The van der Waals surface area contributed by atoms with Gasteiger partial charge in [-0.15, -0.1) is 0 Å². The van der Waals surface area contributed by atoms with Gasteiger partial charge < -0.3 is 4.74 Å². The third-order valence-corrected chi connectivity index (χ3v) is 6.01. The molecule has 1 aliphatic heterocycles. The Bertz CT molecular complexity index is 532. The molecule has 2 atom stereocenters. The third kappa shape index (κ3) is 3.58. The number of nitrogens with zero attached hydrogens (tertiary/aromatic N) is 1.